The maximum Gasteiger partial charge on any atom is 0.286 e. The molecule has 0 aromatic heterocycles. The van der Waals surface area contributed by atoms with E-state index < -0.39 is 0 Å². The maximum absolute atomic E-state index is 7.69. The van der Waals surface area contributed by atoms with E-state index in [9.17, 15) is 0 Å². The third kappa shape index (κ3) is 3.29. The first-order valence-electron chi connectivity index (χ1n) is 1.78. The second kappa shape index (κ2) is 4.29. The maximum atomic E-state index is 7.69. The molecule has 6 heavy (non-hydrogen) atoms. The van der Waals surface area contributed by atoms with Gasteiger partial charge in [0.2, 0.25) is 0 Å². The second-order valence-corrected chi connectivity index (χ2v) is 0.784. The summed E-state index contributed by atoms with van der Waals surface area (Å²) in [6.07, 6.45) is 2.30. The fourth-order valence-corrected chi connectivity index (χ4v) is 0.121. The zero-order chi connectivity index (χ0) is 4.83. The monoisotopic (exact) mass is 84.0 g/mol. The van der Waals surface area contributed by atoms with Crippen molar-refractivity contribution in [1.29, 1.82) is 5.26 Å². The number of hydrogen-bond donors (Lipinski definition) is 0. The quantitative estimate of drug-likeness (QED) is 0.370. The van der Waals surface area contributed by atoms with Crippen LogP contribution in [0.15, 0.2) is 0 Å². The molecule has 2 nitrogen and oxygen atoms in total. The normalized spacial score (nSPS) is 6.67. The number of hydrogen-bond acceptors (Lipinski definition) is 2. The van der Waals surface area contributed by atoms with Crippen LogP contribution in [-0.4, -0.2) is 0 Å². The molecule has 0 aromatic carbocycles. The lowest BCUT2D eigenvalue weighted by Gasteiger charge is -1.81. The van der Waals surface area contributed by atoms with E-state index in [1.54, 1.807) is 0 Å². The van der Waals surface area contributed by atoms with Crippen molar-refractivity contribution in [1.82, 2.24) is 0 Å². The van der Waals surface area contributed by atoms with Gasteiger partial charge in [-0.1, -0.05) is 6.92 Å². The van der Waals surface area contributed by atoms with Crippen LogP contribution >= 0.6 is 0 Å². The van der Waals surface area contributed by atoms with Gasteiger partial charge in [-0.15, -0.1) is 0 Å². The predicted octanol–water partition coefficient (Wildman–Crippen LogP) is 1.06. The molecule has 0 saturated carbocycles. The van der Waals surface area contributed by atoms with Crippen molar-refractivity contribution in [2.45, 2.75) is 13.3 Å². The smallest absolute Gasteiger partial charge is 0.286 e. The fraction of sp³-hybridized carbons (Fsp3) is 0.500. The fourth-order valence-electron chi connectivity index (χ4n) is 0.121. The lowest BCUT2D eigenvalue weighted by Crippen LogP contribution is -1.71. The average Bonchev–Trinajstić information content (AvgIpc) is 1.61. The van der Waals surface area contributed by atoms with Crippen LogP contribution in [0.1, 0.15) is 13.3 Å². The summed E-state index contributed by atoms with van der Waals surface area (Å²) < 4.78 is 4.16. The molecule has 0 aliphatic rings. The van der Waals surface area contributed by atoms with Gasteiger partial charge in [-0.3, -0.25) is 0 Å². The third-order valence-electron chi connectivity index (χ3n) is 0.303. The molecule has 0 aliphatic heterocycles. The van der Waals surface area contributed by atoms with Gasteiger partial charge in [0.1, 0.15) is 6.61 Å². The van der Waals surface area contributed by atoms with Crippen molar-refractivity contribution in [2.24, 2.45) is 0 Å². The highest BCUT2D eigenvalue weighted by Crippen LogP contribution is 1.81. The van der Waals surface area contributed by atoms with Crippen molar-refractivity contribution in [2.75, 3.05) is 0 Å². The summed E-state index contributed by atoms with van der Waals surface area (Å²) in [5.41, 5.74) is 0. The first-order chi connectivity index (χ1) is 2.91. The predicted molar refractivity (Wildman–Crippen MR) is 21.3 cm³/mol. The van der Waals surface area contributed by atoms with Gasteiger partial charge in [0.15, 0.2) is 0 Å². The molecular weight excluding hydrogens is 78.1 g/mol. The molecule has 1 radical (unpaired) electrons. The SMILES string of the molecule is CC[CH]OC#N. The molecule has 0 bridgehead atoms. The minimum Gasteiger partial charge on any atom is -0.420 e. The zero-order valence-corrected chi connectivity index (χ0v) is 3.64. The van der Waals surface area contributed by atoms with Crippen LogP contribution < -0.4 is 0 Å². The van der Waals surface area contributed by atoms with Gasteiger partial charge in [-0.05, 0) is 6.42 Å². The summed E-state index contributed by atoms with van der Waals surface area (Å²) >= 11 is 0. The summed E-state index contributed by atoms with van der Waals surface area (Å²) in [5, 5.41) is 7.69. The minimum atomic E-state index is 0.785. The largest absolute Gasteiger partial charge is 0.420 e. The van der Waals surface area contributed by atoms with Gasteiger partial charge >= 0.3 is 0 Å². The molecule has 0 rings (SSSR count). The van der Waals surface area contributed by atoms with Gasteiger partial charge in [-0.25, -0.2) is 0 Å². The Morgan fingerprint density at radius 2 is 2.67 bits per heavy atom. The molecule has 0 unspecified atom stereocenters. The van der Waals surface area contributed by atoms with E-state index in [1.165, 1.54) is 12.9 Å². The summed E-state index contributed by atoms with van der Waals surface area (Å²) in [6, 6.07) is 0. The van der Waals surface area contributed by atoms with Crippen LogP contribution in [0.4, 0.5) is 0 Å². The molecule has 0 atom stereocenters. The van der Waals surface area contributed by atoms with Crippen molar-refractivity contribution >= 4 is 0 Å². The van der Waals surface area contributed by atoms with Crippen molar-refractivity contribution in [3.63, 3.8) is 0 Å². The molecule has 0 fully saturated rings. The number of nitriles is 1. The average molecular weight is 84.1 g/mol. The van der Waals surface area contributed by atoms with E-state index in [2.05, 4.69) is 4.74 Å². The molecule has 0 heterocycles. The highest BCUT2D eigenvalue weighted by molar-refractivity contribution is 4.54. The van der Waals surface area contributed by atoms with E-state index in [-0.39, 0.29) is 0 Å². The van der Waals surface area contributed by atoms with Crippen LogP contribution in [-0.2, 0) is 4.74 Å². The number of rotatable bonds is 2. The van der Waals surface area contributed by atoms with Crippen molar-refractivity contribution in [3.05, 3.63) is 6.61 Å². The van der Waals surface area contributed by atoms with E-state index in [0.717, 1.165) is 6.42 Å². The molecule has 0 N–H and O–H groups in total. The van der Waals surface area contributed by atoms with Gasteiger partial charge in [0.05, 0.1) is 0 Å². The van der Waals surface area contributed by atoms with Gasteiger partial charge in [0, 0.05) is 0 Å². The Kier molecular flexibility index (Phi) is 3.78. The van der Waals surface area contributed by atoms with E-state index in [1.807, 2.05) is 6.92 Å². The van der Waals surface area contributed by atoms with Crippen LogP contribution in [0.2, 0.25) is 0 Å². The molecule has 0 aliphatic carbocycles. The minimum absolute atomic E-state index is 0.785. The zero-order valence-electron chi connectivity index (χ0n) is 3.64. The molecule has 0 saturated heterocycles. The molecule has 0 aromatic rings. The summed E-state index contributed by atoms with van der Waals surface area (Å²) in [7, 11) is 0. The summed E-state index contributed by atoms with van der Waals surface area (Å²) in [4.78, 5) is 0. The van der Waals surface area contributed by atoms with Crippen LogP contribution in [0.25, 0.3) is 0 Å². The Bertz CT molecular complexity index is 55.1. The van der Waals surface area contributed by atoms with Gasteiger partial charge < -0.3 is 4.74 Å². The van der Waals surface area contributed by atoms with Crippen LogP contribution in [0, 0.1) is 18.1 Å². The lowest BCUT2D eigenvalue weighted by atomic mass is 10.5. The number of nitrogens with zero attached hydrogens (tertiary/aromatic N) is 1. The molecular formula is C4H6NO. The van der Waals surface area contributed by atoms with E-state index >= 15 is 0 Å². The molecule has 0 spiro atoms. The van der Waals surface area contributed by atoms with Gasteiger partial charge in [0.25, 0.3) is 6.26 Å². The first kappa shape index (κ1) is 5.29. The van der Waals surface area contributed by atoms with Crippen LogP contribution in [0.3, 0.4) is 0 Å². The van der Waals surface area contributed by atoms with E-state index in [0.29, 0.717) is 0 Å². The van der Waals surface area contributed by atoms with E-state index in [4.69, 9.17) is 5.26 Å². The Labute approximate surface area is 37.3 Å². The molecule has 0 amide bonds. The topological polar surface area (TPSA) is 33.0 Å². The van der Waals surface area contributed by atoms with Crippen molar-refractivity contribution in [3.8, 4) is 6.26 Å². The lowest BCUT2D eigenvalue weighted by molar-refractivity contribution is 0.348. The highest BCUT2D eigenvalue weighted by atomic mass is 16.5. The second-order valence-electron chi connectivity index (χ2n) is 0.784. The Balaban J connectivity index is 2.54. The summed E-state index contributed by atoms with van der Waals surface area (Å²) in [6.45, 7) is 3.34. The Hall–Kier alpha value is -0.710. The Morgan fingerprint density at radius 3 is 2.83 bits per heavy atom. The van der Waals surface area contributed by atoms with Crippen molar-refractivity contribution < 1.29 is 4.74 Å². The van der Waals surface area contributed by atoms with Crippen LogP contribution in [0.5, 0.6) is 0 Å². The highest BCUT2D eigenvalue weighted by Gasteiger charge is 1.73. The standard InChI is InChI=1S/C4H6NO/c1-2-3-6-4-5/h3H,2H2,1H3. The van der Waals surface area contributed by atoms with Gasteiger partial charge in [-0.2, -0.15) is 5.26 Å². The number of ether oxygens (including phenoxy) is 1. The third-order valence-corrected chi connectivity index (χ3v) is 0.303. The molecule has 2 heteroatoms. The summed E-state index contributed by atoms with van der Waals surface area (Å²) in [5.74, 6) is 0. The Morgan fingerprint density at radius 1 is 2.00 bits per heavy atom. The first-order valence-corrected chi connectivity index (χ1v) is 1.78. The molecule has 33 valence electrons.